The molecule has 2 aromatic heterocycles. The van der Waals surface area contributed by atoms with Crippen molar-refractivity contribution in [1.29, 1.82) is 0 Å². The molecule has 0 aliphatic heterocycles. The molecule has 1 N–H and O–H groups in total. The number of carbonyl (C=O) groups is 1. The Balaban J connectivity index is 1.61. The first kappa shape index (κ1) is 18.5. The molecular weight excluding hydrogens is 368 g/mol. The van der Waals surface area contributed by atoms with Crippen LogP contribution in [0.4, 0.5) is 4.79 Å². The summed E-state index contributed by atoms with van der Waals surface area (Å²) in [5.41, 5.74) is 2.23. The summed E-state index contributed by atoms with van der Waals surface area (Å²) >= 11 is 7.48. The van der Waals surface area contributed by atoms with Crippen molar-refractivity contribution in [2.24, 2.45) is 0 Å². The van der Waals surface area contributed by atoms with Crippen LogP contribution in [0.3, 0.4) is 0 Å². The van der Waals surface area contributed by atoms with Crippen molar-refractivity contribution in [3.63, 3.8) is 0 Å². The maximum atomic E-state index is 12.6. The molecule has 0 fully saturated rings. The van der Waals surface area contributed by atoms with Gasteiger partial charge in [0.15, 0.2) is 0 Å². The zero-order valence-electron chi connectivity index (χ0n) is 14.6. The van der Waals surface area contributed by atoms with Gasteiger partial charge in [-0.1, -0.05) is 35.9 Å². The topological polar surface area (TPSA) is 50.2 Å². The van der Waals surface area contributed by atoms with Gasteiger partial charge in [0.25, 0.3) is 0 Å². The third-order valence-electron chi connectivity index (χ3n) is 4.08. The minimum absolute atomic E-state index is 0.0779. The summed E-state index contributed by atoms with van der Waals surface area (Å²) in [7, 11) is 0. The van der Waals surface area contributed by atoms with E-state index in [0.717, 1.165) is 20.3 Å². The van der Waals surface area contributed by atoms with Gasteiger partial charge in [-0.25, -0.2) is 4.79 Å². The van der Waals surface area contributed by atoms with Gasteiger partial charge in [0.2, 0.25) is 0 Å². The molecule has 0 spiro atoms. The fourth-order valence-electron chi connectivity index (χ4n) is 2.69. The van der Waals surface area contributed by atoms with Crippen molar-refractivity contribution in [1.82, 2.24) is 20.0 Å². The maximum absolute atomic E-state index is 12.6. The highest BCUT2D eigenvalue weighted by Crippen LogP contribution is 2.22. The summed E-state index contributed by atoms with van der Waals surface area (Å²) in [6, 6.07) is 13.7. The Hall–Kier alpha value is -2.31. The molecule has 1 aromatic carbocycles. The van der Waals surface area contributed by atoms with Crippen LogP contribution in [0.25, 0.3) is 0 Å². The molecule has 0 atom stereocenters. The number of halogens is 1. The molecule has 136 valence electrons. The minimum atomic E-state index is -0.0779. The van der Waals surface area contributed by atoms with Crippen LogP contribution in [0, 0.1) is 0 Å². The normalized spacial score (nSPS) is 10.7. The number of amides is 2. The quantitative estimate of drug-likeness (QED) is 0.653. The zero-order valence-corrected chi connectivity index (χ0v) is 16.1. The molecule has 0 unspecified atom stereocenters. The average molecular weight is 389 g/mol. The molecule has 5 nitrogen and oxygen atoms in total. The number of carbonyl (C=O) groups excluding carboxylic acids is 1. The standard InChI is InChI=1S/C19H21ClN4OS/c1-2-23(14-17-8-9-18(20)26-17)19(25)21-12-15-6-3-4-7-16(15)13-24-11-5-10-22-24/h3-11H,2,12-14H2,1H3,(H,21,25). The van der Waals surface area contributed by atoms with Gasteiger partial charge >= 0.3 is 6.03 Å². The number of nitrogens with zero attached hydrogens (tertiary/aromatic N) is 3. The number of benzene rings is 1. The van der Waals surface area contributed by atoms with Crippen LogP contribution >= 0.6 is 22.9 Å². The maximum Gasteiger partial charge on any atom is 0.317 e. The third kappa shape index (κ3) is 4.86. The summed E-state index contributed by atoms with van der Waals surface area (Å²) in [5, 5.41) is 7.28. The lowest BCUT2D eigenvalue weighted by Crippen LogP contribution is -2.39. The van der Waals surface area contributed by atoms with Gasteiger partial charge in [0, 0.05) is 30.4 Å². The fourth-order valence-corrected chi connectivity index (χ4v) is 3.79. The fraction of sp³-hybridized carbons (Fsp3) is 0.263. The van der Waals surface area contributed by atoms with Crippen molar-refractivity contribution in [3.05, 3.63) is 75.2 Å². The largest absolute Gasteiger partial charge is 0.334 e. The Morgan fingerprint density at radius 1 is 1.23 bits per heavy atom. The van der Waals surface area contributed by atoms with Crippen LogP contribution in [0.15, 0.2) is 54.9 Å². The smallest absolute Gasteiger partial charge is 0.317 e. The van der Waals surface area contributed by atoms with Crippen LogP contribution < -0.4 is 5.32 Å². The number of nitrogens with one attached hydrogen (secondary N) is 1. The first-order valence-electron chi connectivity index (χ1n) is 8.47. The minimum Gasteiger partial charge on any atom is -0.334 e. The van der Waals surface area contributed by atoms with E-state index in [0.29, 0.717) is 26.2 Å². The van der Waals surface area contributed by atoms with E-state index in [1.165, 1.54) is 11.3 Å². The average Bonchev–Trinajstić information content (AvgIpc) is 3.30. The molecule has 26 heavy (non-hydrogen) atoms. The zero-order chi connectivity index (χ0) is 18.4. The highest BCUT2D eigenvalue weighted by atomic mass is 35.5. The molecule has 2 amide bonds. The molecule has 3 aromatic rings. The van der Waals surface area contributed by atoms with E-state index >= 15 is 0 Å². The molecule has 3 rings (SSSR count). The predicted octanol–water partition coefficient (Wildman–Crippen LogP) is 4.38. The number of rotatable bonds is 7. The van der Waals surface area contributed by atoms with Gasteiger partial charge in [-0.05, 0) is 36.2 Å². The highest BCUT2D eigenvalue weighted by Gasteiger charge is 2.13. The molecule has 7 heteroatoms. The van der Waals surface area contributed by atoms with Gasteiger partial charge in [0.1, 0.15) is 0 Å². The van der Waals surface area contributed by atoms with E-state index in [9.17, 15) is 4.79 Å². The molecule has 0 bridgehead atoms. The van der Waals surface area contributed by atoms with Gasteiger partial charge in [0.05, 0.1) is 17.4 Å². The van der Waals surface area contributed by atoms with E-state index in [1.54, 1.807) is 11.1 Å². The second kappa shape index (κ2) is 8.87. The van der Waals surface area contributed by atoms with E-state index in [2.05, 4.69) is 16.5 Å². The molecule has 0 saturated heterocycles. The molecule has 0 saturated carbocycles. The van der Waals surface area contributed by atoms with Crippen LogP contribution in [0.2, 0.25) is 4.34 Å². The van der Waals surface area contributed by atoms with Crippen LogP contribution in [0.1, 0.15) is 22.9 Å². The Morgan fingerprint density at radius 3 is 2.69 bits per heavy atom. The van der Waals surface area contributed by atoms with Crippen molar-refractivity contribution < 1.29 is 4.79 Å². The first-order valence-corrected chi connectivity index (χ1v) is 9.66. The summed E-state index contributed by atoms with van der Waals surface area (Å²) in [5.74, 6) is 0. The van der Waals surface area contributed by atoms with Crippen LogP contribution in [-0.4, -0.2) is 27.3 Å². The summed E-state index contributed by atoms with van der Waals surface area (Å²) in [4.78, 5) is 15.4. The van der Waals surface area contributed by atoms with E-state index in [4.69, 9.17) is 11.6 Å². The van der Waals surface area contributed by atoms with Crippen LogP contribution in [-0.2, 0) is 19.6 Å². The van der Waals surface area contributed by atoms with Gasteiger partial charge in [-0.3, -0.25) is 4.68 Å². The lowest BCUT2D eigenvalue weighted by Gasteiger charge is -2.21. The number of urea groups is 1. The Bertz CT molecular complexity index is 847. The molecule has 2 heterocycles. The second-order valence-corrected chi connectivity index (χ2v) is 7.65. The Labute approximate surface area is 162 Å². The Kier molecular flexibility index (Phi) is 6.30. The predicted molar refractivity (Wildman–Crippen MR) is 105 cm³/mol. The van der Waals surface area contributed by atoms with Crippen molar-refractivity contribution in [2.75, 3.05) is 6.54 Å². The van der Waals surface area contributed by atoms with Gasteiger partial charge < -0.3 is 10.2 Å². The third-order valence-corrected chi connectivity index (χ3v) is 5.30. The monoisotopic (exact) mass is 388 g/mol. The van der Waals surface area contributed by atoms with E-state index in [1.807, 2.05) is 54.2 Å². The summed E-state index contributed by atoms with van der Waals surface area (Å²) in [6.45, 7) is 4.34. The van der Waals surface area contributed by atoms with Crippen molar-refractivity contribution in [3.8, 4) is 0 Å². The molecular formula is C19H21ClN4OS. The van der Waals surface area contributed by atoms with Gasteiger partial charge in [-0.2, -0.15) is 5.10 Å². The Morgan fingerprint density at radius 2 is 2.04 bits per heavy atom. The number of hydrogen-bond donors (Lipinski definition) is 1. The van der Waals surface area contributed by atoms with E-state index in [-0.39, 0.29) is 6.03 Å². The molecule has 0 aliphatic carbocycles. The highest BCUT2D eigenvalue weighted by molar-refractivity contribution is 7.16. The number of hydrogen-bond acceptors (Lipinski definition) is 3. The first-order chi connectivity index (χ1) is 12.7. The lowest BCUT2D eigenvalue weighted by atomic mass is 10.1. The molecule has 0 aliphatic rings. The van der Waals surface area contributed by atoms with Crippen molar-refractivity contribution >= 4 is 29.0 Å². The summed E-state index contributed by atoms with van der Waals surface area (Å²) < 4.78 is 2.61. The molecule has 0 radical (unpaired) electrons. The van der Waals surface area contributed by atoms with Crippen molar-refractivity contribution in [2.45, 2.75) is 26.6 Å². The van der Waals surface area contributed by atoms with Crippen LogP contribution in [0.5, 0.6) is 0 Å². The lowest BCUT2D eigenvalue weighted by molar-refractivity contribution is 0.198. The number of thiophene rings is 1. The van der Waals surface area contributed by atoms with Gasteiger partial charge in [-0.15, -0.1) is 11.3 Å². The second-order valence-electron chi connectivity index (χ2n) is 5.85. The van der Waals surface area contributed by atoms with E-state index < -0.39 is 0 Å². The SMILES string of the molecule is CCN(Cc1ccc(Cl)s1)C(=O)NCc1ccccc1Cn1cccn1. The summed E-state index contributed by atoms with van der Waals surface area (Å²) in [6.07, 6.45) is 3.70. The number of aromatic nitrogens is 2.